The van der Waals surface area contributed by atoms with Crippen molar-refractivity contribution < 1.29 is 4.79 Å². The van der Waals surface area contributed by atoms with E-state index < -0.39 is 0 Å². The highest BCUT2D eigenvalue weighted by Crippen LogP contribution is 2.27. The quantitative estimate of drug-likeness (QED) is 0.364. The first kappa shape index (κ1) is 23.9. The standard InChI is InChI=1S/C21H25BrN8OS/c1-4-18(31)25-15-6-8-16(9-7-15)32-21-28-19(23-11-12-30(2)3)27-20(29-21)26-17-10-5-14(22)13-24-17/h5-10,13H,4,11-12H2,1-3H3,(H,25,31)(H2,23,24,26,27,28,29). The van der Waals surface area contributed by atoms with Crippen molar-refractivity contribution in [2.24, 2.45) is 0 Å². The third kappa shape index (κ3) is 7.74. The lowest BCUT2D eigenvalue weighted by atomic mass is 10.3. The first-order valence-electron chi connectivity index (χ1n) is 10.0. The number of carbonyl (C=O) groups excluding carboxylic acids is 1. The number of aromatic nitrogens is 4. The van der Waals surface area contributed by atoms with Crippen LogP contribution in [-0.4, -0.2) is 57.9 Å². The van der Waals surface area contributed by atoms with E-state index in [2.05, 4.69) is 56.7 Å². The molecule has 0 spiro atoms. The van der Waals surface area contributed by atoms with Gasteiger partial charge in [0, 0.05) is 40.8 Å². The highest BCUT2D eigenvalue weighted by molar-refractivity contribution is 9.10. The van der Waals surface area contributed by atoms with Gasteiger partial charge in [0.2, 0.25) is 17.8 Å². The summed E-state index contributed by atoms with van der Waals surface area (Å²) in [6.07, 6.45) is 2.14. The number of rotatable bonds is 10. The molecule has 2 aromatic heterocycles. The van der Waals surface area contributed by atoms with Gasteiger partial charge in [0.25, 0.3) is 0 Å². The number of carbonyl (C=O) groups is 1. The monoisotopic (exact) mass is 516 g/mol. The summed E-state index contributed by atoms with van der Waals surface area (Å²) in [6, 6.07) is 11.3. The number of benzene rings is 1. The molecule has 0 aliphatic heterocycles. The van der Waals surface area contributed by atoms with Gasteiger partial charge in [0.05, 0.1) is 0 Å². The zero-order valence-corrected chi connectivity index (χ0v) is 20.5. The number of pyridine rings is 1. The Bertz CT molecular complexity index is 1030. The van der Waals surface area contributed by atoms with Gasteiger partial charge in [-0.25, -0.2) is 4.98 Å². The molecule has 1 amide bonds. The Labute approximate surface area is 200 Å². The van der Waals surface area contributed by atoms with E-state index in [1.807, 2.05) is 57.4 Å². The molecule has 32 heavy (non-hydrogen) atoms. The molecule has 3 N–H and O–H groups in total. The number of nitrogens with one attached hydrogen (secondary N) is 3. The summed E-state index contributed by atoms with van der Waals surface area (Å²) in [5.41, 5.74) is 0.756. The second kappa shape index (κ2) is 11.7. The molecule has 0 aliphatic rings. The molecule has 2 heterocycles. The molecule has 0 bridgehead atoms. The van der Waals surface area contributed by atoms with Crippen LogP contribution in [0.3, 0.4) is 0 Å². The molecule has 1 aromatic carbocycles. The molecule has 168 valence electrons. The van der Waals surface area contributed by atoms with E-state index >= 15 is 0 Å². The van der Waals surface area contributed by atoms with E-state index in [-0.39, 0.29) is 5.91 Å². The van der Waals surface area contributed by atoms with Crippen LogP contribution in [0.2, 0.25) is 0 Å². The van der Waals surface area contributed by atoms with Crippen LogP contribution >= 0.6 is 27.7 Å². The molecule has 3 rings (SSSR count). The number of amides is 1. The molecule has 0 saturated carbocycles. The molecule has 0 radical (unpaired) electrons. The zero-order valence-electron chi connectivity index (χ0n) is 18.1. The van der Waals surface area contributed by atoms with Crippen molar-refractivity contribution in [1.29, 1.82) is 0 Å². The molecule has 0 fully saturated rings. The van der Waals surface area contributed by atoms with Gasteiger partial charge in [0.15, 0.2) is 5.16 Å². The summed E-state index contributed by atoms with van der Waals surface area (Å²) in [5.74, 6) is 1.49. The Morgan fingerprint density at radius 1 is 1.06 bits per heavy atom. The third-order valence-electron chi connectivity index (χ3n) is 4.09. The van der Waals surface area contributed by atoms with Gasteiger partial charge in [-0.05, 0) is 78.2 Å². The minimum absolute atomic E-state index is 0.0198. The molecule has 0 unspecified atom stereocenters. The van der Waals surface area contributed by atoms with Gasteiger partial charge < -0.3 is 20.9 Å². The van der Waals surface area contributed by atoms with Crippen LogP contribution < -0.4 is 16.0 Å². The molecule has 9 nitrogen and oxygen atoms in total. The summed E-state index contributed by atoms with van der Waals surface area (Å²) in [4.78, 5) is 32.4. The van der Waals surface area contributed by atoms with Gasteiger partial charge in [-0.15, -0.1) is 0 Å². The highest BCUT2D eigenvalue weighted by atomic mass is 79.9. The molecule has 11 heteroatoms. The Morgan fingerprint density at radius 3 is 2.47 bits per heavy atom. The number of halogens is 1. The number of hydrogen-bond donors (Lipinski definition) is 3. The van der Waals surface area contributed by atoms with Crippen LogP contribution in [0.1, 0.15) is 13.3 Å². The summed E-state index contributed by atoms with van der Waals surface area (Å²) in [5, 5.41) is 9.75. The molecule has 0 aliphatic carbocycles. The minimum Gasteiger partial charge on any atom is -0.353 e. The number of hydrogen-bond acceptors (Lipinski definition) is 9. The van der Waals surface area contributed by atoms with Crippen molar-refractivity contribution in [3.63, 3.8) is 0 Å². The topological polar surface area (TPSA) is 108 Å². The molecule has 0 atom stereocenters. The number of likely N-dealkylation sites (N-methyl/N-ethyl adjacent to an activating group) is 1. The van der Waals surface area contributed by atoms with E-state index in [1.54, 1.807) is 6.20 Å². The fourth-order valence-corrected chi connectivity index (χ4v) is 3.44. The van der Waals surface area contributed by atoms with Crippen LogP contribution in [0.15, 0.2) is 57.1 Å². The highest BCUT2D eigenvalue weighted by Gasteiger charge is 2.10. The maximum absolute atomic E-state index is 11.6. The summed E-state index contributed by atoms with van der Waals surface area (Å²) in [7, 11) is 4.02. The van der Waals surface area contributed by atoms with Crippen molar-refractivity contribution in [1.82, 2.24) is 24.8 Å². The number of anilines is 4. The predicted molar refractivity (Wildman–Crippen MR) is 132 cm³/mol. The average Bonchev–Trinajstić information content (AvgIpc) is 2.76. The summed E-state index contributed by atoms with van der Waals surface area (Å²) in [6.45, 7) is 3.36. The van der Waals surface area contributed by atoms with Gasteiger partial charge in [-0.1, -0.05) is 6.92 Å². The largest absolute Gasteiger partial charge is 0.353 e. The first-order chi connectivity index (χ1) is 15.4. The lowest BCUT2D eigenvalue weighted by Gasteiger charge is -2.12. The fraction of sp³-hybridized carbons (Fsp3) is 0.286. The Hall–Kier alpha value is -2.76. The van der Waals surface area contributed by atoms with E-state index in [0.717, 1.165) is 21.6 Å². The zero-order chi connectivity index (χ0) is 22.9. The van der Waals surface area contributed by atoms with Gasteiger partial charge in [-0.3, -0.25) is 4.79 Å². The Morgan fingerprint density at radius 2 is 1.81 bits per heavy atom. The minimum atomic E-state index is -0.0198. The van der Waals surface area contributed by atoms with Gasteiger partial charge in [-0.2, -0.15) is 15.0 Å². The van der Waals surface area contributed by atoms with Crippen molar-refractivity contribution in [3.05, 3.63) is 47.1 Å². The Kier molecular flexibility index (Phi) is 8.77. The fourth-order valence-electron chi connectivity index (χ4n) is 2.45. The lowest BCUT2D eigenvalue weighted by molar-refractivity contribution is -0.115. The molecule has 3 aromatic rings. The van der Waals surface area contributed by atoms with Crippen LogP contribution in [0.4, 0.5) is 23.4 Å². The van der Waals surface area contributed by atoms with Crippen LogP contribution in [0.5, 0.6) is 0 Å². The van der Waals surface area contributed by atoms with Crippen LogP contribution in [-0.2, 0) is 4.79 Å². The van der Waals surface area contributed by atoms with Crippen LogP contribution in [0, 0.1) is 0 Å². The van der Waals surface area contributed by atoms with Crippen molar-refractivity contribution in [3.8, 4) is 0 Å². The first-order valence-corrected chi connectivity index (χ1v) is 11.6. The molecular formula is C21H25BrN8OS. The van der Waals surface area contributed by atoms with Crippen molar-refractivity contribution >= 4 is 57.0 Å². The van der Waals surface area contributed by atoms with Gasteiger partial charge >= 0.3 is 0 Å². The van der Waals surface area contributed by atoms with E-state index in [9.17, 15) is 4.79 Å². The van der Waals surface area contributed by atoms with E-state index in [0.29, 0.717) is 35.8 Å². The summed E-state index contributed by atoms with van der Waals surface area (Å²) < 4.78 is 0.888. The van der Waals surface area contributed by atoms with Crippen molar-refractivity contribution in [2.75, 3.05) is 43.1 Å². The maximum atomic E-state index is 11.6. The molecular weight excluding hydrogens is 492 g/mol. The molecule has 0 saturated heterocycles. The second-order valence-corrected chi connectivity index (χ2v) is 8.97. The normalized spacial score (nSPS) is 10.8. The van der Waals surface area contributed by atoms with E-state index in [1.165, 1.54) is 11.8 Å². The lowest BCUT2D eigenvalue weighted by Crippen LogP contribution is -2.21. The second-order valence-electron chi connectivity index (χ2n) is 7.01. The average molecular weight is 517 g/mol. The SMILES string of the molecule is CCC(=O)Nc1ccc(Sc2nc(NCCN(C)C)nc(Nc3ccc(Br)cn3)n2)cc1. The van der Waals surface area contributed by atoms with Crippen LogP contribution in [0.25, 0.3) is 0 Å². The smallest absolute Gasteiger partial charge is 0.234 e. The maximum Gasteiger partial charge on any atom is 0.234 e. The third-order valence-corrected chi connectivity index (χ3v) is 5.43. The number of nitrogens with zero attached hydrogens (tertiary/aromatic N) is 5. The van der Waals surface area contributed by atoms with Gasteiger partial charge in [0.1, 0.15) is 5.82 Å². The van der Waals surface area contributed by atoms with Crippen molar-refractivity contribution in [2.45, 2.75) is 23.4 Å². The van der Waals surface area contributed by atoms with E-state index in [4.69, 9.17) is 0 Å². The predicted octanol–water partition coefficient (Wildman–Crippen LogP) is 4.25. The summed E-state index contributed by atoms with van der Waals surface area (Å²) >= 11 is 4.79. The Balaban J connectivity index is 1.78.